The zero-order valence-electron chi connectivity index (χ0n) is 12.8. The predicted octanol–water partition coefficient (Wildman–Crippen LogP) is 2.59. The van der Waals surface area contributed by atoms with Gasteiger partial charge in [0.05, 0.1) is 13.0 Å². The van der Waals surface area contributed by atoms with E-state index in [2.05, 4.69) is 0 Å². The minimum Gasteiger partial charge on any atom is -0.469 e. The van der Waals surface area contributed by atoms with E-state index < -0.39 is 5.60 Å². The molecule has 1 atom stereocenters. The van der Waals surface area contributed by atoms with E-state index in [0.29, 0.717) is 6.54 Å². The number of piperidine rings is 1. The van der Waals surface area contributed by atoms with Gasteiger partial charge in [0.2, 0.25) is 0 Å². The van der Waals surface area contributed by atoms with Crippen molar-refractivity contribution in [3.63, 3.8) is 0 Å². The van der Waals surface area contributed by atoms with E-state index in [4.69, 9.17) is 9.47 Å². The van der Waals surface area contributed by atoms with E-state index in [1.165, 1.54) is 7.11 Å². The Hall–Kier alpha value is -1.26. The van der Waals surface area contributed by atoms with E-state index in [0.717, 1.165) is 12.8 Å². The molecule has 0 radical (unpaired) electrons. The molecule has 1 saturated heterocycles. The van der Waals surface area contributed by atoms with Gasteiger partial charge in [-0.2, -0.15) is 0 Å². The molecule has 0 aliphatic carbocycles. The van der Waals surface area contributed by atoms with Gasteiger partial charge < -0.3 is 14.4 Å². The van der Waals surface area contributed by atoms with Crippen molar-refractivity contribution < 1.29 is 19.1 Å². The fourth-order valence-electron chi connectivity index (χ4n) is 2.22. The molecular formula is C14H25NO4. The first-order chi connectivity index (χ1) is 8.57. The minimum absolute atomic E-state index is 0.259. The number of hydrogen-bond donors (Lipinski definition) is 0. The largest absolute Gasteiger partial charge is 0.469 e. The first-order valence-corrected chi connectivity index (χ1v) is 6.65. The first-order valence-electron chi connectivity index (χ1n) is 6.65. The van der Waals surface area contributed by atoms with Crippen LogP contribution < -0.4 is 0 Å². The molecule has 19 heavy (non-hydrogen) atoms. The van der Waals surface area contributed by atoms with Crippen LogP contribution in [0.4, 0.5) is 4.79 Å². The Balaban J connectivity index is 2.81. The third-order valence-electron chi connectivity index (χ3n) is 3.39. The fraction of sp³-hybridized carbons (Fsp3) is 0.857. The highest BCUT2D eigenvalue weighted by atomic mass is 16.6. The van der Waals surface area contributed by atoms with Gasteiger partial charge >= 0.3 is 12.1 Å². The average Bonchev–Trinajstić information content (AvgIpc) is 2.25. The second-order valence-electron chi connectivity index (χ2n) is 6.66. The molecule has 5 nitrogen and oxygen atoms in total. The number of amides is 1. The maximum absolute atomic E-state index is 12.2. The molecule has 1 aliphatic heterocycles. The lowest BCUT2D eigenvalue weighted by Crippen LogP contribution is -2.55. The molecule has 0 aromatic heterocycles. The summed E-state index contributed by atoms with van der Waals surface area (Å²) >= 11 is 0. The van der Waals surface area contributed by atoms with Crippen LogP contribution in [0, 0.1) is 5.92 Å². The summed E-state index contributed by atoms with van der Waals surface area (Å²) in [6, 6.07) is 0. The number of nitrogens with zero attached hydrogens (tertiary/aromatic N) is 1. The highest BCUT2D eigenvalue weighted by Gasteiger charge is 2.41. The Labute approximate surface area is 115 Å². The molecule has 1 heterocycles. The molecule has 1 unspecified atom stereocenters. The smallest absolute Gasteiger partial charge is 0.410 e. The lowest BCUT2D eigenvalue weighted by atomic mass is 9.85. The molecule has 0 aromatic carbocycles. The van der Waals surface area contributed by atoms with Gasteiger partial charge in [-0.3, -0.25) is 4.79 Å². The van der Waals surface area contributed by atoms with Gasteiger partial charge in [-0.15, -0.1) is 0 Å². The molecule has 110 valence electrons. The Bertz CT molecular complexity index is 357. The Morgan fingerprint density at radius 2 is 1.84 bits per heavy atom. The second-order valence-corrected chi connectivity index (χ2v) is 6.66. The molecule has 1 aliphatic rings. The summed E-state index contributed by atoms with van der Waals surface area (Å²) in [6.45, 7) is 9.84. The molecule has 0 bridgehead atoms. The van der Waals surface area contributed by atoms with Crippen LogP contribution in [0.15, 0.2) is 0 Å². The van der Waals surface area contributed by atoms with Crippen molar-refractivity contribution >= 4 is 12.1 Å². The van der Waals surface area contributed by atoms with E-state index in [9.17, 15) is 9.59 Å². The molecule has 0 saturated carbocycles. The minimum atomic E-state index is -0.536. The highest BCUT2D eigenvalue weighted by molar-refractivity contribution is 5.75. The van der Waals surface area contributed by atoms with Crippen molar-refractivity contribution in [1.82, 2.24) is 4.90 Å². The van der Waals surface area contributed by atoms with Crippen LogP contribution in [0.1, 0.15) is 47.5 Å². The van der Waals surface area contributed by atoms with Gasteiger partial charge in [-0.1, -0.05) is 0 Å². The summed E-state index contributed by atoms with van der Waals surface area (Å²) in [7, 11) is 1.37. The summed E-state index contributed by atoms with van der Waals surface area (Å²) in [4.78, 5) is 25.5. The molecule has 0 N–H and O–H groups in total. The number of rotatable bonds is 1. The van der Waals surface area contributed by atoms with Crippen molar-refractivity contribution in [3.05, 3.63) is 0 Å². The zero-order valence-corrected chi connectivity index (χ0v) is 12.8. The van der Waals surface area contributed by atoms with Crippen LogP contribution in [-0.4, -0.2) is 41.8 Å². The van der Waals surface area contributed by atoms with Gasteiger partial charge in [-0.25, -0.2) is 4.79 Å². The van der Waals surface area contributed by atoms with Crippen molar-refractivity contribution in [1.29, 1.82) is 0 Å². The molecule has 1 fully saturated rings. The number of esters is 1. The van der Waals surface area contributed by atoms with E-state index >= 15 is 0 Å². The lowest BCUT2D eigenvalue weighted by Gasteiger charge is -2.44. The number of carbonyl (C=O) groups excluding carboxylic acids is 2. The van der Waals surface area contributed by atoms with Crippen molar-refractivity contribution in [2.24, 2.45) is 5.92 Å². The molecule has 5 heteroatoms. The number of hydrogen-bond acceptors (Lipinski definition) is 4. The summed E-state index contributed by atoms with van der Waals surface area (Å²) in [5.74, 6) is -0.519. The SMILES string of the molecule is COC(=O)C1CCC(C)(C)N(C(=O)OC(C)(C)C)C1. The Kier molecular flexibility index (Phi) is 4.48. The maximum atomic E-state index is 12.2. The van der Waals surface area contributed by atoms with Crippen molar-refractivity contribution in [2.75, 3.05) is 13.7 Å². The molecule has 0 spiro atoms. The monoisotopic (exact) mass is 271 g/mol. The van der Waals surface area contributed by atoms with Crippen LogP contribution in [0.25, 0.3) is 0 Å². The topological polar surface area (TPSA) is 55.8 Å². The summed E-state index contributed by atoms with van der Waals surface area (Å²) in [6.07, 6.45) is 1.12. The molecule has 0 aromatic rings. The number of carbonyl (C=O) groups is 2. The summed E-state index contributed by atoms with van der Waals surface area (Å²) < 4.78 is 10.2. The van der Waals surface area contributed by atoms with Crippen LogP contribution >= 0.6 is 0 Å². The van der Waals surface area contributed by atoms with Gasteiger partial charge in [0.15, 0.2) is 0 Å². The van der Waals surface area contributed by atoms with Gasteiger partial charge in [0, 0.05) is 12.1 Å². The maximum Gasteiger partial charge on any atom is 0.410 e. The molecular weight excluding hydrogens is 246 g/mol. The van der Waals surface area contributed by atoms with Crippen LogP contribution in [0.5, 0.6) is 0 Å². The third-order valence-corrected chi connectivity index (χ3v) is 3.39. The molecule has 1 amide bonds. The van der Waals surface area contributed by atoms with Crippen molar-refractivity contribution in [3.8, 4) is 0 Å². The first kappa shape index (κ1) is 15.8. The number of methoxy groups -OCH3 is 1. The van der Waals surface area contributed by atoms with E-state index in [-0.39, 0.29) is 23.5 Å². The third kappa shape index (κ3) is 4.11. The van der Waals surface area contributed by atoms with E-state index in [1.54, 1.807) is 4.90 Å². The van der Waals surface area contributed by atoms with Gasteiger partial charge in [-0.05, 0) is 47.5 Å². The zero-order chi connectivity index (χ0) is 14.8. The fourth-order valence-corrected chi connectivity index (χ4v) is 2.22. The quantitative estimate of drug-likeness (QED) is 0.688. The summed E-state index contributed by atoms with van der Waals surface area (Å²) in [5, 5.41) is 0. The Morgan fingerprint density at radius 3 is 2.32 bits per heavy atom. The van der Waals surface area contributed by atoms with Crippen LogP contribution in [-0.2, 0) is 14.3 Å². The Morgan fingerprint density at radius 1 is 1.26 bits per heavy atom. The average molecular weight is 271 g/mol. The van der Waals surface area contributed by atoms with Gasteiger partial charge in [0.1, 0.15) is 5.60 Å². The lowest BCUT2D eigenvalue weighted by molar-refractivity contribution is -0.148. The van der Waals surface area contributed by atoms with Crippen LogP contribution in [0.3, 0.4) is 0 Å². The standard InChI is InChI=1S/C14H25NO4/c1-13(2,3)19-12(17)15-9-10(11(16)18-6)7-8-14(15,4)5/h10H,7-9H2,1-6H3. The summed E-state index contributed by atoms with van der Waals surface area (Å²) in [5.41, 5.74) is -0.835. The van der Waals surface area contributed by atoms with Crippen LogP contribution in [0.2, 0.25) is 0 Å². The molecule has 1 rings (SSSR count). The van der Waals surface area contributed by atoms with E-state index in [1.807, 2.05) is 34.6 Å². The second kappa shape index (κ2) is 5.39. The van der Waals surface area contributed by atoms with Gasteiger partial charge in [0.25, 0.3) is 0 Å². The predicted molar refractivity (Wildman–Crippen MR) is 71.8 cm³/mol. The number of likely N-dealkylation sites (tertiary alicyclic amines) is 1. The van der Waals surface area contributed by atoms with Crippen molar-refractivity contribution in [2.45, 2.75) is 58.6 Å². The highest BCUT2D eigenvalue weighted by Crippen LogP contribution is 2.32. The normalized spacial score (nSPS) is 22.8. The number of ether oxygens (including phenoxy) is 2.